The smallest absolute Gasteiger partial charge is 0.242 e. The standard InChI is InChI=1S/C12H14Cl2N2O2S/c13-11-7-10(8-15-12(11)14)19(17,18)16-6-5-9-3-1-2-4-9/h3,7-8,16H,1-2,4-6H2. The van der Waals surface area contributed by atoms with E-state index in [4.69, 9.17) is 23.2 Å². The second-order valence-electron chi connectivity index (χ2n) is 4.35. The summed E-state index contributed by atoms with van der Waals surface area (Å²) in [6, 6.07) is 1.30. The molecule has 1 aromatic rings. The molecule has 1 N–H and O–H groups in total. The van der Waals surface area contributed by atoms with Crippen LogP contribution in [0, 0.1) is 0 Å². The lowest BCUT2D eigenvalue weighted by Gasteiger charge is -2.07. The van der Waals surface area contributed by atoms with Gasteiger partial charge in [-0.25, -0.2) is 18.1 Å². The third-order valence-corrected chi connectivity index (χ3v) is 5.07. The highest BCUT2D eigenvalue weighted by molar-refractivity contribution is 7.89. The molecule has 0 amide bonds. The Kier molecular flexibility index (Phi) is 4.84. The van der Waals surface area contributed by atoms with Gasteiger partial charge in [-0.1, -0.05) is 34.9 Å². The fourth-order valence-corrected chi connectivity index (χ4v) is 3.28. The van der Waals surface area contributed by atoms with E-state index in [1.807, 2.05) is 0 Å². The number of rotatable bonds is 5. The van der Waals surface area contributed by atoms with Gasteiger partial charge in [0.1, 0.15) is 10.0 Å². The Labute approximate surface area is 122 Å². The molecule has 0 atom stereocenters. The summed E-state index contributed by atoms with van der Waals surface area (Å²) in [4.78, 5) is 3.76. The summed E-state index contributed by atoms with van der Waals surface area (Å²) >= 11 is 11.4. The normalized spacial score (nSPS) is 15.6. The van der Waals surface area contributed by atoms with E-state index < -0.39 is 10.0 Å². The van der Waals surface area contributed by atoms with Crippen LogP contribution in [0.5, 0.6) is 0 Å². The van der Waals surface area contributed by atoms with E-state index in [0.717, 1.165) is 19.3 Å². The van der Waals surface area contributed by atoms with Crippen molar-refractivity contribution in [3.05, 3.63) is 34.1 Å². The molecule has 1 aromatic heterocycles. The maximum atomic E-state index is 12.0. The van der Waals surface area contributed by atoms with Crippen LogP contribution >= 0.6 is 23.2 Å². The average Bonchev–Trinajstić information content (AvgIpc) is 2.85. The highest BCUT2D eigenvalue weighted by atomic mass is 35.5. The molecule has 4 nitrogen and oxygen atoms in total. The molecule has 0 aliphatic heterocycles. The number of hydrogen-bond acceptors (Lipinski definition) is 3. The van der Waals surface area contributed by atoms with E-state index in [-0.39, 0.29) is 15.1 Å². The second-order valence-corrected chi connectivity index (χ2v) is 6.88. The molecule has 104 valence electrons. The molecule has 19 heavy (non-hydrogen) atoms. The molecule has 0 spiro atoms. The maximum absolute atomic E-state index is 12.0. The van der Waals surface area contributed by atoms with Gasteiger partial charge >= 0.3 is 0 Å². The maximum Gasteiger partial charge on any atom is 0.242 e. The Hall–Kier alpha value is -0.620. The van der Waals surface area contributed by atoms with Gasteiger partial charge in [0.05, 0.1) is 5.02 Å². The number of nitrogens with one attached hydrogen (secondary N) is 1. The van der Waals surface area contributed by atoms with Gasteiger partial charge in [-0.3, -0.25) is 0 Å². The van der Waals surface area contributed by atoms with Crippen LogP contribution in [0.3, 0.4) is 0 Å². The topological polar surface area (TPSA) is 59.1 Å². The van der Waals surface area contributed by atoms with E-state index in [2.05, 4.69) is 15.8 Å². The van der Waals surface area contributed by atoms with Crippen LogP contribution in [-0.2, 0) is 10.0 Å². The molecule has 1 aliphatic carbocycles. The number of sulfonamides is 1. The van der Waals surface area contributed by atoms with Crippen molar-refractivity contribution in [3.8, 4) is 0 Å². The van der Waals surface area contributed by atoms with Gasteiger partial charge in [0.2, 0.25) is 10.0 Å². The summed E-state index contributed by atoms with van der Waals surface area (Å²) in [6.45, 7) is 0.383. The lowest BCUT2D eigenvalue weighted by Crippen LogP contribution is -2.25. The number of pyridine rings is 1. The zero-order valence-electron chi connectivity index (χ0n) is 10.2. The van der Waals surface area contributed by atoms with Gasteiger partial charge in [-0.2, -0.15) is 0 Å². The second kappa shape index (κ2) is 6.22. The van der Waals surface area contributed by atoms with Crippen LogP contribution in [-0.4, -0.2) is 19.9 Å². The number of halogens is 2. The van der Waals surface area contributed by atoms with Crippen molar-refractivity contribution >= 4 is 33.2 Å². The first kappa shape index (κ1) is 14.8. The summed E-state index contributed by atoms with van der Waals surface area (Å²) in [5.74, 6) is 0. The van der Waals surface area contributed by atoms with E-state index in [0.29, 0.717) is 6.54 Å². The van der Waals surface area contributed by atoms with Crippen molar-refractivity contribution in [3.63, 3.8) is 0 Å². The first-order valence-corrected chi connectivity index (χ1v) is 8.21. The predicted molar refractivity (Wildman–Crippen MR) is 76.0 cm³/mol. The molecule has 0 radical (unpaired) electrons. The lowest BCUT2D eigenvalue weighted by atomic mass is 10.2. The van der Waals surface area contributed by atoms with Gasteiger partial charge in [-0.15, -0.1) is 0 Å². The van der Waals surface area contributed by atoms with Crippen LogP contribution in [0.15, 0.2) is 28.8 Å². The van der Waals surface area contributed by atoms with Gasteiger partial charge in [0.15, 0.2) is 0 Å². The van der Waals surface area contributed by atoms with Crippen molar-refractivity contribution < 1.29 is 8.42 Å². The SMILES string of the molecule is O=S(=O)(NCCC1=CCCC1)c1cnc(Cl)c(Cl)c1. The van der Waals surface area contributed by atoms with E-state index in [1.54, 1.807) is 0 Å². The van der Waals surface area contributed by atoms with Crippen LogP contribution < -0.4 is 4.72 Å². The summed E-state index contributed by atoms with van der Waals surface area (Å²) in [5, 5.41) is 0.222. The Balaban J connectivity index is 1.99. The lowest BCUT2D eigenvalue weighted by molar-refractivity contribution is 0.580. The zero-order valence-corrected chi connectivity index (χ0v) is 12.5. The molecule has 0 saturated carbocycles. The van der Waals surface area contributed by atoms with Crippen molar-refractivity contribution in [2.24, 2.45) is 0 Å². The predicted octanol–water partition coefficient (Wildman–Crippen LogP) is 3.17. The fraction of sp³-hybridized carbons (Fsp3) is 0.417. The van der Waals surface area contributed by atoms with Crippen molar-refractivity contribution in [2.75, 3.05) is 6.54 Å². The summed E-state index contributed by atoms with van der Waals surface area (Å²) in [5.41, 5.74) is 1.31. The Morgan fingerprint density at radius 3 is 2.79 bits per heavy atom. The molecule has 7 heteroatoms. The van der Waals surface area contributed by atoms with E-state index >= 15 is 0 Å². The third-order valence-electron chi connectivity index (χ3n) is 2.95. The van der Waals surface area contributed by atoms with Crippen LogP contribution in [0.2, 0.25) is 10.2 Å². The monoisotopic (exact) mass is 320 g/mol. The van der Waals surface area contributed by atoms with E-state index in [1.165, 1.54) is 24.3 Å². The minimum atomic E-state index is -3.57. The molecule has 0 fully saturated rings. The number of aromatic nitrogens is 1. The largest absolute Gasteiger partial charge is 0.242 e. The highest BCUT2D eigenvalue weighted by Crippen LogP contribution is 2.23. The highest BCUT2D eigenvalue weighted by Gasteiger charge is 2.16. The molecular formula is C12H14Cl2N2O2S. The van der Waals surface area contributed by atoms with Gasteiger partial charge in [0, 0.05) is 12.7 Å². The Morgan fingerprint density at radius 1 is 1.37 bits per heavy atom. The Bertz CT molecular complexity index is 600. The average molecular weight is 321 g/mol. The van der Waals surface area contributed by atoms with Crippen LogP contribution in [0.25, 0.3) is 0 Å². The van der Waals surface area contributed by atoms with Gasteiger partial charge in [0.25, 0.3) is 0 Å². The summed E-state index contributed by atoms with van der Waals surface area (Å²) in [6.07, 6.45) is 7.45. The quantitative estimate of drug-likeness (QED) is 0.669. The molecular weight excluding hydrogens is 307 g/mol. The molecule has 0 bridgehead atoms. The molecule has 0 saturated heterocycles. The molecule has 2 rings (SSSR count). The van der Waals surface area contributed by atoms with E-state index in [9.17, 15) is 8.42 Å². The minimum Gasteiger partial charge on any atom is -0.242 e. The summed E-state index contributed by atoms with van der Waals surface area (Å²) in [7, 11) is -3.57. The van der Waals surface area contributed by atoms with Gasteiger partial charge < -0.3 is 0 Å². The van der Waals surface area contributed by atoms with Crippen molar-refractivity contribution in [1.82, 2.24) is 9.71 Å². The number of hydrogen-bond donors (Lipinski definition) is 1. The first-order valence-electron chi connectivity index (χ1n) is 5.97. The molecule has 1 aliphatic rings. The molecule has 1 heterocycles. The van der Waals surface area contributed by atoms with Crippen LogP contribution in [0.1, 0.15) is 25.7 Å². The number of allylic oxidation sites excluding steroid dienone is 1. The minimum absolute atomic E-state index is 0.0299. The zero-order chi connectivity index (χ0) is 13.9. The fourth-order valence-electron chi connectivity index (χ4n) is 1.94. The third kappa shape index (κ3) is 3.92. The molecule has 0 aromatic carbocycles. The van der Waals surface area contributed by atoms with Crippen molar-refractivity contribution in [2.45, 2.75) is 30.6 Å². The molecule has 0 unspecified atom stereocenters. The van der Waals surface area contributed by atoms with Gasteiger partial charge in [-0.05, 0) is 31.7 Å². The Morgan fingerprint density at radius 2 is 2.16 bits per heavy atom. The first-order chi connectivity index (χ1) is 8.99. The number of nitrogens with zero attached hydrogens (tertiary/aromatic N) is 1. The summed E-state index contributed by atoms with van der Waals surface area (Å²) < 4.78 is 26.5. The van der Waals surface area contributed by atoms with Crippen LogP contribution in [0.4, 0.5) is 0 Å². The van der Waals surface area contributed by atoms with Crippen molar-refractivity contribution in [1.29, 1.82) is 0 Å².